The van der Waals surface area contributed by atoms with Crippen molar-refractivity contribution in [2.45, 2.75) is 19.8 Å². The summed E-state index contributed by atoms with van der Waals surface area (Å²) < 4.78 is 14.6. The van der Waals surface area contributed by atoms with E-state index in [0.717, 1.165) is 59.2 Å². The molecule has 3 aromatic rings. The third kappa shape index (κ3) is 3.14. The molecule has 25 heavy (non-hydrogen) atoms. The Hall–Kier alpha value is -2.68. The van der Waals surface area contributed by atoms with Crippen LogP contribution in [0.4, 0.5) is 15.8 Å². The maximum Gasteiger partial charge on any atom is 0.147 e. The second kappa shape index (κ2) is 6.67. The van der Waals surface area contributed by atoms with Crippen molar-refractivity contribution in [1.82, 2.24) is 0 Å². The minimum Gasteiger partial charge on any atom is -0.369 e. The SMILES string of the molecule is Cc1cc(N2CCCC2)c(F)cc1C=Nc1cccc2ccccc12. The van der Waals surface area contributed by atoms with Gasteiger partial charge in [-0.1, -0.05) is 36.4 Å². The topological polar surface area (TPSA) is 15.6 Å². The van der Waals surface area contributed by atoms with Crippen LogP contribution in [0.3, 0.4) is 0 Å². The molecule has 1 saturated heterocycles. The molecule has 2 nitrogen and oxygen atoms in total. The zero-order valence-corrected chi connectivity index (χ0v) is 14.4. The van der Waals surface area contributed by atoms with E-state index in [1.165, 1.54) is 0 Å². The highest BCUT2D eigenvalue weighted by molar-refractivity contribution is 5.95. The lowest BCUT2D eigenvalue weighted by Crippen LogP contribution is -2.19. The standard InChI is InChI=1S/C22H21FN2/c1-16-13-22(25-11-4-5-12-25)20(23)14-18(16)15-24-21-10-6-8-17-7-2-3-9-19(17)21/h2-3,6-10,13-15H,4-5,11-12H2,1H3. The number of aliphatic imine (C=N–C) groups is 1. The first-order chi connectivity index (χ1) is 12.2. The van der Waals surface area contributed by atoms with Gasteiger partial charge in [-0.05, 0) is 54.5 Å². The first-order valence-corrected chi connectivity index (χ1v) is 8.79. The predicted octanol–water partition coefficient (Wildman–Crippen LogP) is 5.64. The van der Waals surface area contributed by atoms with Gasteiger partial charge in [0.2, 0.25) is 0 Å². The van der Waals surface area contributed by atoms with Crippen molar-refractivity contribution in [1.29, 1.82) is 0 Å². The second-order valence-electron chi connectivity index (χ2n) is 6.61. The minimum atomic E-state index is -0.160. The van der Waals surface area contributed by atoms with Gasteiger partial charge in [0, 0.05) is 24.7 Å². The minimum absolute atomic E-state index is 0.160. The Morgan fingerprint density at radius 1 is 1.00 bits per heavy atom. The third-order valence-corrected chi connectivity index (χ3v) is 4.89. The van der Waals surface area contributed by atoms with Gasteiger partial charge < -0.3 is 4.90 Å². The molecule has 0 bridgehead atoms. The Morgan fingerprint density at radius 2 is 1.76 bits per heavy atom. The van der Waals surface area contributed by atoms with Crippen LogP contribution < -0.4 is 4.90 Å². The highest BCUT2D eigenvalue weighted by Gasteiger charge is 2.17. The monoisotopic (exact) mass is 332 g/mol. The van der Waals surface area contributed by atoms with E-state index in [4.69, 9.17) is 0 Å². The Labute approximate surface area is 147 Å². The maximum atomic E-state index is 14.6. The van der Waals surface area contributed by atoms with E-state index < -0.39 is 0 Å². The molecule has 0 amide bonds. The molecule has 0 radical (unpaired) electrons. The molecule has 126 valence electrons. The molecule has 1 fully saturated rings. The van der Waals surface area contributed by atoms with Crippen molar-refractivity contribution in [3.05, 3.63) is 71.5 Å². The van der Waals surface area contributed by atoms with E-state index in [2.05, 4.69) is 28.1 Å². The molecule has 0 atom stereocenters. The summed E-state index contributed by atoms with van der Waals surface area (Å²) in [7, 11) is 0. The highest BCUT2D eigenvalue weighted by Crippen LogP contribution is 2.28. The largest absolute Gasteiger partial charge is 0.369 e. The van der Waals surface area contributed by atoms with Gasteiger partial charge in [0.1, 0.15) is 5.82 Å². The normalized spacial score (nSPS) is 14.7. The molecule has 0 unspecified atom stereocenters. The van der Waals surface area contributed by atoms with E-state index in [-0.39, 0.29) is 5.82 Å². The summed E-state index contributed by atoms with van der Waals surface area (Å²) in [6, 6.07) is 17.8. The van der Waals surface area contributed by atoms with Gasteiger partial charge in [-0.2, -0.15) is 0 Å². The van der Waals surface area contributed by atoms with Gasteiger partial charge in [0.25, 0.3) is 0 Å². The van der Waals surface area contributed by atoms with Gasteiger partial charge in [0.15, 0.2) is 0 Å². The zero-order valence-electron chi connectivity index (χ0n) is 14.4. The molecule has 3 aromatic carbocycles. The fraction of sp³-hybridized carbons (Fsp3) is 0.227. The molecule has 1 aliphatic rings. The number of hydrogen-bond donors (Lipinski definition) is 0. The Bertz CT molecular complexity index is 935. The first-order valence-electron chi connectivity index (χ1n) is 8.79. The van der Waals surface area contributed by atoms with E-state index in [0.29, 0.717) is 0 Å². The highest BCUT2D eigenvalue weighted by atomic mass is 19.1. The van der Waals surface area contributed by atoms with Crippen LogP contribution in [0.1, 0.15) is 24.0 Å². The van der Waals surface area contributed by atoms with Crippen LogP contribution in [-0.4, -0.2) is 19.3 Å². The van der Waals surface area contributed by atoms with Crippen molar-refractivity contribution in [2.75, 3.05) is 18.0 Å². The number of hydrogen-bond acceptors (Lipinski definition) is 2. The molecule has 0 spiro atoms. The van der Waals surface area contributed by atoms with Gasteiger partial charge in [-0.25, -0.2) is 4.39 Å². The van der Waals surface area contributed by atoms with Crippen LogP contribution in [0.2, 0.25) is 0 Å². The number of anilines is 1. The molecule has 0 aliphatic carbocycles. The van der Waals surface area contributed by atoms with Crippen LogP contribution in [0, 0.1) is 12.7 Å². The van der Waals surface area contributed by atoms with Gasteiger partial charge in [0.05, 0.1) is 11.4 Å². The van der Waals surface area contributed by atoms with Gasteiger partial charge in [-0.15, -0.1) is 0 Å². The van der Waals surface area contributed by atoms with E-state index in [1.807, 2.05) is 37.3 Å². The maximum absolute atomic E-state index is 14.6. The van der Waals surface area contributed by atoms with Crippen LogP contribution in [0.5, 0.6) is 0 Å². The van der Waals surface area contributed by atoms with Crippen molar-refractivity contribution in [3.8, 4) is 0 Å². The number of fused-ring (bicyclic) bond motifs is 1. The summed E-state index contributed by atoms with van der Waals surface area (Å²) in [4.78, 5) is 6.76. The average molecular weight is 332 g/mol. The van der Waals surface area contributed by atoms with Crippen LogP contribution in [0.15, 0.2) is 59.6 Å². The molecule has 1 heterocycles. The Kier molecular flexibility index (Phi) is 4.22. The van der Waals surface area contributed by atoms with E-state index in [9.17, 15) is 4.39 Å². The summed E-state index contributed by atoms with van der Waals surface area (Å²) >= 11 is 0. The summed E-state index contributed by atoms with van der Waals surface area (Å²) in [5.41, 5.74) is 3.50. The van der Waals surface area contributed by atoms with Gasteiger partial charge >= 0.3 is 0 Å². The summed E-state index contributed by atoms with van der Waals surface area (Å²) in [5, 5.41) is 2.26. The smallest absolute Gasteiger partial charge is 0.147 e. The van der Waals surface area contributed by atoms with Crippen LogP contribution >= 0.6 is 0 Å². The Balaban J connectivity index is 1.68. The number of halogens is 1. The van der Waals surface area contributed by atoms with Crippen molar-refractivity contribution in [2.24, 2.45) is 4.99 Å². The predicted molar refractivity (Wildman–Crippen MR) is 104 cm³/mol. The fourth-order valence-electron chi connectivity index (χ4n) is 3.48. The molecule has 0 aromatic heterocycles. The van der Waals surface area contributed by atoms with Gasteiger partial charge in [-0.3, -0.25) is 4.99 Å². The lowest BCUT2D eigenvalue weighted by atomic mass is 10.1. The average Bonchev–Trinajstić information content (AvgIpc) is 3.16. The molecule has 0 N–H and O–H groups in total. The van der Waals surface area contributed by atoms with E-state index in [1.54, 1.807) is 12.3 Å². The van der Waals surface area contributed by atoms with Crippen LogP contribution in [0.25, 0.3) is 10.8 Å². The third-order valence-electron chi connectivity index (χ3n) is 4.89. The number of benzene rings is 3. The molecule has 4 rings (SSSR count). The summed E-state index contributed by atoms with van der Waals surface area (Å²) in [5.74, 6) is -0.160. The van der Waals surface area contributed by atoms with E-state index >= 15 is 0 Å². The van der Waals surface area contributed by atoms with Crippen molar-refractivity contribution >= 4 is 28.4 Å². The summed E-state index contributed by atoms with van der Waals surface area (Å²) in [6.07, 6.45) is 4.06. The molecular weight excluding hydrogens is 311 g/mol. The zero-order chi connectivity index (χ0) is 17.2. The lowest BCUT2D eigenvalue weighted by molar-refractivity contribution is 0.622. The van der Waals surface area contributed by atoms with Crippen molar-refractivity contribution < 1.29 is 4.39 Å². The quantitative estimate of drug-likeness (QED) is 0.567. The second-order valence-corrected chi connectivity index (χ2v) is 6.61. The molecule has 1 aliphatic heterocycles. The Morgan fingerprint density at radius 3 is 2.60 bits per heavy atom. The summed E-state index contributed by atoms with van der Waals surface area (Å²) in [6.45, 7) is 3.91. The number of nitrogens with zero attached hydrogens (tertiary/aromatic N) is 2. The number of rotatable bonds is 3. The lowest BCUT2D eigenvalue weighted by Gasteiger charge is -2.19. The molecule has 3 heteroatoms. The number of aryl methyl sites for hydroxylation is 1. The van der Waals surface area contributed by atoms with Crippen molar-refractivity contribution in [3.63, 3.8) is 0 Å². The first kappa shape index (κ1) is 15.8. The molecule has 0 saturated carbocycles. The van der Waals surface area contributed by atoms with Crippen LogP contribution in [-0.2, 0) is 0 Å². The molecular formula is C22H21FN2. The fourth-order valence-corrected chi connectivity index (χ4v) is 3.48.